The van der Waals surface area contributed by atoms with Gasteiger partial charge in [-0.1, -0.05) is 36.4 Å². The molecule has 0 spiro atoms. The van der Waals surface area contributed by atoms with E-state index in [9.17, 15) is 9.59 Å². The number of hydrogen-bond acceptors (Lipinski definition) is 6. The summed E-state index contributed by atoms with van der Waals surface area (Å²) in [5.41, 5.74) is 1.77. The van der Waals surface area contributed by atoms with E-state index in [2.05, 4.69) is 10.2 Å². The van der Waals surface area contributed by atoms with Crippen LogP contribution in [0.2, 0.25) is 0 Å². The number of para-hydroxylation sites is 1. The second kappa shape index (κ2) is 8.06. The first-order valence-electron chi connectivity index (χ1n) is 8.04. The van der Waals surface area contributed by atoms with Crippen LogP contribution in [0.3, 0.4) is 0 Å². The molecule has 0 N–H and O–H groups in total. The summed E-state index contributed by atoms with van der Waals surface area (Å²) in [5.74, 6) is -1.08. The van der Waals surface area contributed by atoms with E-state index in [0.717, 1.165) is 5.69 Å². The summed E-state index contributed by atoms with van der Waals surface area (Å²) in [6.07, 6.45) is 0. The molecule has 0 radical (unpaired) electrons. The normalized spacial score (nSPS) is 10.3. The number of nitrogens with zero attached hydrogens (tertiary/aromatic N) is 3. The van der Waals surface area contributed by atoms with Crippen LogP contribution in [0.15, 0.2) is 60.7 Å². The molecule has 7 heteroatoms. The van der Waals surface area contributed by atoms with Gasteiger partial charge in [0, 0.05) is 0 Å². The van der Waals surface area contributed by atoms with Gasteiger partial charge in [-0.3, -0.25) is 0 Å². The molecule has 0 aliphatic heterocycles. The van der Waals surface area contributed by atoms with Gasteiger partial charge in [-0.25, -0.2) is 9.59 Å². The van der Waals surface area contributed by atoms with Gasteiger partial charge in [-0.2, -0.15) is 9.90 Å². The smallest absolute Gasteiger partial charge is 0.360 e. The van der Waals surface area contributed by atoms with Crippen LogP contribution >= 0.6 is 0 Å². The Morgan fingerprint density at radius 1 is 0.846 bits per heavy atom. The quantitative estimate of drug-likeness (QED) is 0.501. The molecular formula is C19H17N3O4. The number of hydrogen-bond donors (Lipinski definition) is 0. The van der Waals surface area contributed by atoms with Gasteiger partial charge in [0.05, 0.1) is 16.9 Å². The Hall–Kier alpha value is -3.48. The highest BCUT2D eigenvalue weighted by molar-refractivity contribution is 5.89. The number of esters is 2. The molecule has 0 saturated carbocycles. The predicted octanol–water partition coefficient (Wildman–Crippen LogP) is 2.59. The monoisotopic (exact) mass is 351 g/mol. The van der Waals surface area contributed by atoms with E-state index in [-0.39, 0.29) is 18.9 Å². The first-order valence-corrected chi connectivity index (χ1v) is 8.04. The number of carbonyl (C=O) groups excluding carboxylic acids is 2. The Balaban J connectivity index is 1.53. The fourth-order valence-electron chi connectivity index (χ4n) is 2.24. The van der Waals surface area contributed by atoms with Crippen LogP contribution in [-0.2, 0) is 9.47 Å². The molecule has 132 valence electrons. The van der Waals surface area contributed by atoms with Gasteiger partial charge in [0.25, 0.3) is 0 Å². The van der Waals surface area contributed by atoms with Crippen molar-refractivity contribution in [2.75, 3.05) is 13.2 Å². The summed E-state index contributed by atoms with van der Waals surface area (Å²) in [4.78, 5) is 25.3. The fourth-order valence-corrected chi connectivity index (χ4v) is 2.24. The molecule has 26 heavy (non-hydrogen) atoms. The lowest BCUT2D eigenvalue weighted by Crippen LogP contribution is -2.15. The highest BCUT2D eigenvalue weighted by Crippen LogP contribution is 2.09. The van der Waals surface area contributed by atoms with Crippen LogP contribution in [-0.4, -0.2) is 40.1 Å². The Morgan fingerprint density at radius 2 is 1.42 bits per heavy atom. The van der Waals surface area contributed by atoms with Gasteiger partial charge in [0.2, 0.25) is 0 Å². The molecule has 0 aliphatic carbocycles. The van der Waals surface area contributed by atoms with Crippen molar-refractivity contribution in [1.29, 1.82) is 0 Å². The largest absolute Gasteiger partial charge is 0.458 e. The first kappa shape index (κ1) is 17.3. The number of benzene rings is 2. The van der Waals surface area contributed by atoms with Crippen molar-refractivity contribution in [1.82, 2.24) is 15.0 Å². The van der Waals surface area contributed by atoms with E-state index >= 15 is 0 Å². The van der Waals surface area contributed by atoms with Gasteiger partial charge >= 0.3 is 11.9 Å². The van der Waals surface area contributed by atoms with Crippen molar-refractivity contribution >= 4 is 11.9 Å². The molecular weight excluding hydrogens is 334 g/mol. The van der Waals surface area contributed by atoms with Gasteiger partial charge in [-0.15, -0.1) is 5.10 Å². The van der Waals surface area contributed by atoms with Crippen LogP contribution in [0, 0.1) is 6.92 Å². The van der Waals surface area contributed by atoms with Crippen LogP contribution in [0.4, 0.5) is 0 Å². The van der Waals surface area contributed by atoms with E-state index in [4.69, 9.17) is 9.47 Å². The van der Waals surface area contributed by atoms with Gasteiger partial charge in [-0.05, 0) is 31.2 Å². The lowest BCUT2D eigenvalue weighted by molar-refractivity contribution is 0.0261. The van der Waals surface area contributed by atoms with E-state index in [1.165, 1.54) is 4.80 Å². The summed E-state index contributed by atoms with van der Waals surface area (Å²) in [7, 11) is 0. The number of carbonyl (C=O) groups is 2. The summed E-state index contributed by atoms with van der Waals surface area (Å²) < 4.78 is 10.2. The van der Waals surface area contributed by atoms with Crippen molar-refractivity contribution in [3.63, 3.8) is 0 Å². The Labute approximate surface area is 150 Å². The molecule has 3 aromatic rings. The summed E-state index contributed by atoms with van der Waals surface area (Å²) in [6, 6.07) is 17.9. The van der Waals surface area contributed by atoms with Crippen molar-refractivity contribution in [3.05, 3.63) is 77.6 Å². The van der Waals surface area contributed by atoms with Crippen LogP contribution in [0.5, 0.6) is 0 Å². The van der Waals surface area contributed by atoms with Crippen molar-refractivity contribution < 1.29 is 19.1 Å². The van der Waals surface area contributed by atoms with Crippen LogP contribution < -0.4 is 0 Å². The molecule has 0 amide bonds. The third kappa shape index (κ3) is 4.13. The standard InChI is InChI=1S/C19H17N3O4/c1-14-17(21-22(20-14)16-10-6-3-7-11-16)19(24)26-13-12-25-18(23)15-8-4-2-5-9-15/h2-11H,12-13H2,1H3. The minimum atomic E-state index is -0.611. The zero-order valence-corrected chi connectivity index (χ0v) is 14.2. The maximum Gasteiger partial charge on any atom is 0.360 e. The molecule has 2 aromatic carbocycles. The van der Waals surface area contributed by atoms with Crippen molar-refractivity contribution in [2.24, 2.45) is 0 Å². The SMILES string of the molecule is Cc1nn(-c2ccccc2)nc1C(=O)OCCOC(=O)c1ccccc1. The number of rotatable bonds is 6. The third-order valence-electron chi connectivity index (χ3n) is 3.52. The fraction of sp³-hybridized carbons (Fsp3) is 0.158. The van der Waals surface area contributed by atoms with Crippen LogP contribution in [0.25, 0.3) is 5.69 Å². The average Bonchev–Trinajstić information content (AvgIpc) is 3.08. The molecule has 0 aliphatic rings. The average molecular weight is 351 g/mol. The zero-order chi connectivity index (χ0) is 18.4. The van der Waals surface area contributed by atoms with Gasteiger partial charge in [0.1, 0.15) is 13.2 Å². The summed E-state index contributed by atoms with van der Waals surface area (Å²) in [6.45, 7) is 1.58. The topological polar surface area (TPSA) is 83.3 Å². The van der Waals surface area contributed by atoms with E-state index in [0.29, 0.717) is 11.3 Å². The van der Waals surface area contributed by atoms with E-state index < -0.39 is 11.9 Å². The molecule has 0 saturated heterocycles. The van der Waals surface area contributed by atoms with E-state index in [1.54, 1.807) is 31.2 Å². The molecule has 1 aromatic heterocycles. The number of aryl methyl sites for hydroxylation is 1. The maximum atomic E-state index is 12.1. The van der Waals surface area contributed by atoms with Crippen LogP contribution in [0.1, 0.15) is 26.5 Å². The molecule has 0 atom stereocenters. The molecule has 0 unspecified atom stereocenters. The summed E-state index contributed by atoms with van der Waals surface area (Å²) >= 11 is 0. The number of ether oxygens (including phenoxy) is 2. The highest BCUT2D eigenvalue weighted by atomic mass is 16.6. The molecule has 7 nitrogen and oxygen atoms in total. The minimum Gasteiger partial charge on any atom is -0.458 e. The molecule has 3 rings (SSSR count). The second-order valence-electron chi connectivity index (χ2n) is 5.40. The maximum absolute atomic E-state index is 12.1. The summed E-state index contributed by atoms with van der Waals surface area (Å²) in [5, 5.41) is 8.38. The Kier molecular flexibility index (Phi) is 5.38. The lowest BCUT2D eigenvalue weighted by Gasteiger charge is -2.05. The number of aromatic nitrogens is 3. The molecule has 0 bridgehead atoms. The van der Waals surface area contributed by atoms with Crippen molar-refractivity contribution in [3.8, 4) is 5.69 Å². The lowest BCUT2D eigenvalue weighted by atomic mass is 10.2. The Bertz CT molecular complexity index is 892. The van der Waals surface area contributed by atoms with Gasteiger partial charge in [0.15, 0.2) is 5.69 Å². The molecule has 0 fully saturated rings. The molecule has 1 heterocycles. The van der Waals surface area contributed by atoms with Crippen molar-refractivity contribution in [2.45, 2.75) is 6.92 Å². The predicted molar refractivity (Wildman–Crippen MR) is 93.1 cm³/mol. The minimum absolute atomic E-state index is 0.0364. The Morgan fingerprint density at radius 3 is 2.08 bits per heavy atom. The first-order chi connectivity index (χ1) is 12.6. The highest BCUT2D eigenvalue weighted by Gasteiger charge is 2.18. The second-order valence-corrected chi connectivity index (χ2v) is 5.40. The third-order valence-corrected chi connectivity index (χ3v) is 3.52. The van der Waals surface area contributed by atoms with E-state index in [1.807, 2.05) is 36.4 Å². The van der Waals surface area contributed by atoms with Gasteiger partial charge < -0.3 is 9.47 Å². The zero-order valence-electron chi connectivity index (χ0n) is 14.2.